The van der Waals surface area contributed by atoms with E-state index in [9.17, 15) is 5.11 Å². The molecule has 0 saturated heterocycles. The highest BCUT2D eigenvalue weighted by atomic mass is 16.3. The molecule has 142 valence electrons. The van der Waals surface area contributed by atoms with Crippen LogP contribution in [0.4, 0.5) is 11.4 Å². The molecule has 0 aliphatic carbocycles. The molecule has 0 bridgehead atoms. The first-order chi connectivity index (χ1) is 12.8. The molecule has 2 nitrogen and oxygen atoms in total. The molecule has 2 rings (SSSR count). The lowest BCUT2D eigenvalue weighted by Crippen LogP contribution is -1.93. The molecule has 2 heteroatoms. The Morgan fingerprint density at radius 1 is 0.692 bits per heavy atom. The van der Waals surface area contributed by atoms with Crippen LogP contribution in [0.3, 0.4) is 0 Å². The Labute approximate surface area is 159 Å². The number of unbranched alkanes of at least 4 members (excludes halogenated alkanes) is 9. The van der Waals surface area contributed by atoms with E-state index in [-0.39, 0.29) is 0 Å². The average Bonchev–Trinajstić information content (AvgIpc) is 2.66. The normalized spacial score (nSPS) is 10.8. The van der Waals surface area contributed by atoms with Crippen LogP contribution in [0.25, 0.3) is 0 Å². The number of anilines is 2. The number of nitrogens with one attached hydrogen (secondary N) is 1. The van der Waals surface area contributed by atoms with E-state index in [0.717, 1.165) is 29.8 Å². The molecule has 0 fully saturated rings. The Hall–Kier alpha value is -1.96. The molecule has 0 radical (unpaired) electrons. The number of aryl methyl sites for hydroxylation is 1. The maximum Gasteiger partial charge on any atom is 0.118 e. The molecule has 26 heavy (non-hydrogen) atoms. The van der Waals surface area contributed by atoms with E-state index in [0.29, 0.717) is 5.75 Å². The summed E-state index contributed by atoms with van der Waals surface area (Å²) in [6, 6.07) is 16.0. The topological polar surface area (TPSA) is 32.3 Å². The molecule has 0 aromatic heterocycles. The minimum Gasteiger partial charge on any atom is -0.508 e. The van der Waals surface area contributed by atoms with Crippen molar-refractivity contribution in [3.63, 3.8) is 0 Å². The highest BCUT2D eigenvalue weighted by molar-refractivity contribution is 5.61. The predicted molar refractivity (Wildman–Crippen MR) is 113 cm³/mol. The molecular formula is C24H35NO. The first-order valence-electron chi connectivity index (χ1n) is 10.4. The molecule has 0 saturated carbocycles. The maximum atomic E-state index is 10.1. The fourth-order valence-corrected chi connectivity index (χ4v) is 3.35. The van der Waals surface area contributed by atoms with Gasteiger partial charge in [0, 0.05) is 11.4 Å². The van der Waals surface area contributed by atoms with Gasteiger partial charge in [-0.05, 0) is 48.7 Å². The monoisotopic (exact) mass is 353 g/mol. The number of hydrogen-bond acceptors (Lipinski definition) is 2. The van der Waals surface area contributed by atoms with Crippen LogP contribution in [0.2, 0.25) is 0 Å². The van der Waals surface area contributed by atoms with Crippen molar-refractivity contribution in [2.24, 2.45) is 0 Å². The summed E-state index contributed by atoms with van der Waals surface area (Å²) < 4.78 is 0. The van der Waals surface area contributed by atoms with Crippen LogP contribution in [0.1, 0.15) is 76.7 Å². The van der Waals surface area contributed by atoms with Gasteiger partial charge < -0.3 is 10.4 Å². The van der Waals surface area contributed by atoms with Gasteiger partial charge in [-0.3, -0.25) is 0 Å². The number of phenols is 1. The van der Waals surface area contributed by atoms with Crippen molar-refractivity contribution in [3.8, 4) is 5.75 Å². The molecule has 2 aromatic carbocycles. The lowest BCUT2D eigenvalue weighted by molar-refractivity contribution is 0.466. The van der Waals surface area contributed by atoms with Crippen molar-refractivity contribution < 1.29 is 5.11 Å². The van der Waals surface area contributed by atoms with Crippen LogP contribution in [0, 0.1) is 0 Å². The first kappa shape index (κ1) is 20.4. The van der Waals surface area contributed by atoms with E-state index in [1.165, 1.54) is 57.8 Å². The van der Waals surface area contributed by atoms with Crippen molar-refractivity contribution in [2.75, 3.05) is 5.32 Å². The Morgan fingerprint density at radius 3 is 1.96 bits per heavy atom. The van der Waals surface area contributed by atoms with Gasteiger partial charge in [0.1, 0.15) is 5.75 Å². The minimum atomic E-state index is 0.416. The maximum absolute atomic E-state index is 10.1. The quantitative estimate of drug-likeness (QED) is 0.287. The Bertz CT molecular complexity index is 609. The lowest BCUT2D eigenvalue weighted by Gasteiger charge is -2.10. The summed E-state index contributed by atoms with van der Waals surface area (Å²) in [7, 11) is 0. The second-order valence-corrected chi connectivity index (χ2v) is 7.27. The molecule has 0 spiro atoms. The first-order valence-corrected chi connectivity index (χ1v) is 10.4. The summed E-state index contributed by atoms with van der Waals surface area (Å²) in [6.07, 6.45) is 14.3. The van der Waals surface area contributed by atoms with E-state index in [2.05, 4.69) is 30.4 Å². The molecule has 2 N–H and O–H groups in total. The van der Waals surface area contributed by atoms with Crippen LogP contribution in [-0.4, -0.2) is 5.11 Å². The zero-order valence-electron chi connectivity index (χ0n) is 16.3. The summed E-state index contributed by atoms with van der Waals surface area (Å²) >= 11 is 0. The van der Waals surface area contributed by atoms with Gasteiger partial charge in [0.05, 0.1) is 0 Å². The predicted octanol–water partition coefficient (Wildman–Crippen LogP) is 7.60. The molecule has 0 heterocycles. The van der Waals surface area contributed by atoms with Crippen LogP contribution < -0.4 is 5.32 Å². The fourth-order valence-electron chi connectivity index (χ4n) is 3.35. The smallest absolute Gasteiger partial charge is 0.118 e. The van der Waals surface area contributed by atoms with Gasteiger partial charge in [0.25, 0.3) is 0 Å². The number of aromatic hydroxyl groups is 1. The van der Waals surface area contributed by atoms with Gasteiger partial charge in [-0.2, -0.15) is 0 Å². The Kier molecular flexibility index (Phi) is 9.71. The summed E-state index contributed by atoms with van der Waals surface area (Å²) in [4.78, 5) is 0. The van der Waals surface area contributed by atoms with E-state index in [1.54, 1.807) is 6.07 Å². The third-order valence-electron chi connectivity index (χ3n) is 4.94. The van der Waals surface area contributed by atoms with Gasteiger partial charge in [-0.25, -0.2) is 0 Å². The summed E-state index contributed by atoms with van der Waals surface area (Å²) in [5, 5.41) is 13.5. The van der Waals surface area contributed by atoms with Gasteiger partial charge in [-0.15, -0.1) is 0 Å². The third kappa shape index (κ3) is 7.95. The van der Waals surface area contributed by atoms with E-state index >= 15 is 0 Å². The number of para-hydroxylation sites is 1. The van der Waals surface area contributed by atoms with Crippen molar-refractivity contribution in [2.45, 2.75) is 77.6 Å². The number of benzene rings is 2. The van der Waals surface area contributed by atoms with Crippen LogP contribution in [-0.2, 0) is 6.42 Å². The SMILES string of the molecule is CCCCCCCCCCCCc1cc(Nc2ccccc2)ccc1O. The van der Waals surface area contributed by atoms with E-state index in [1.807, 2.05) is 24.3 Å². The van der Waals surface area contributed by atoms with Crippen LogP contribution in [0.15, 0.2) is 48.5 Å². The van der Waals surface area contributed by atoms with Gasteiger partial charge in [0.2, 0.25) is 0 Å². The molecular weight excluding hydrogens is 318 g/mol. The van der Waals surface area contributed by atoms with Crippen molar-refractivity contribution >= 4 is 11.4 Å². The number of hydrogen-bond donors (Lipinski definition) is 2. The van der Waals surface area contributed by atoms with Gasteiger partial charge >= 0.3 is 0 Å². The highest BCUT2D eigenvalue weighted by Gasteiger charge is 2.04. The van der Waals surface area contributed by atoms with Crippen LogP contribution in [0.5, 0.6) is 5.75 Å². The second-order valence-electron chi connectivity index (χ2n) is 7.27. The van der Waals surface area contributed by atoms with E-state index in [4.69, 9.17) is 0 Å². The summed E-state index contributed by atoms with van der Waals surface area (Å²) in [5.74, 6) is 0.416. The molecule has 0 aliphatic rings. The van der Waals surface area contributed by atoms with Crippen LogP contribution >= 0.6 is 0 Å². The standard InChI is InChI=1S/C24H35NO/c1-2-3-4-5-6-7-8-9-10-12-15-21-20-23(18-19-24(21)26)25-22-16-13-11-14-17-22/h11,13-14,16-20,25-26H,2-10,12,15H2,1H3. The minimum absolute atomic E-state index is 0.416. The fraction of sp³-hybridized carbons (Fsp3) is 0.500. The van der Waals surface area contributed by atoms with Crippen molar-refractivity contribution in [1.29, 1.82) is 0 Å². The molecule has 0 aliphatic heterocycles. The second kappa shape index (κ2) is 12.4. The third-order valence-corrected chi connectivity index (χ3v) is 4.94. The van der Waals surface area contributed by atoms with Crippen molar-refractivity contribution in [1.82, 2.24) is 0 Å². The average molecular weight is 354 g/mol. The molecule has 0 amide bonds. The lowest BCUT2D eigenvalue weighted by atomic mass is 10.0. The Balaban J connectivity index is 1.65. The zero-order valence-corrected chi connectivity index (χ0v) is 16.3. The molecule has 0 atom stereocenters. The Morgan fingerprint density at radius 2 is 1.31 bits per heavy atom. The number of rotatable bonds is 13. The molecule has 0 unspecified atom stereocenters. The van der Waals surface area contributed by atoms with Crippen molar-refractivity contribution in [3.05, 3.63) is 54.1 Å². The van der Waals surface area contributed by atoms with E-state index < -0.39 is 0 Å². The zero-order chi connectivity index (χ0) is 18.5. The summed E-state index contributed by atoms with van der Waals surface area (Å²) in [6.45, 7) is 2.27. The van der Waals surface area contributed by atoms with Gasteiger partial charge in [0.15, 0.2) is 0 Å². The largest absolute Gasteiger partial charge is 0.508 e. The van der Waals surface area contributed by atoms with Gasteiger partial charge in [-0.1, -0.05) is 82.9 Å². The number of phenolic OH excluding ortho intramolecular Hbond substituents is 1. The highest BCUT2D eigenvalue weighted by Crippen LogP contribution is 2.26. The summed E-state index contributed by atoms with van der Waals surface area (Å²) in [5.41, 5.74) is 3.16. The molecule has 2 aromatic rings.